The first-order valence-corrected chi connectivity index (χ1v) is 9.38. The second-order valence-corrected chi connectivity index (χ2v) is 6.95. The largest absolute Gasteiger partial charge is 0.573 e. The van der Waals surface area contributed by atoms with Crippen LogP contribution in [0.25, 0.3) is 0 Å². The molecule has 2 aliphatic heterocycles. The lowest BCUT2D eigenvalue weighted by molar-refractivity contribution is -0.274. The molecule has 2 aromatic rings. The van der Waals surface area contributed by atoms with Crippen LogP contribution >= 0.6 is 0 Å². The third kappa shape index (κ3) is 5.07. The van der Waals surface area contributed by atoms with Gasteiger partial charge in [0.25, 0.3) is 0 Å². The molecule has 160 valence electrons. The average molecular weight is 423 g/mol. The molecule has 2 amide bonds. The number of benzene rings is 2. The van der Waals surface area contributed by atoms with Crippen LogP contribution in [0.3, 0.4) is 0 Å². The third-order valence-corrected chi connectivity index (χ3v) is 4.84. The van der Waals surface area contributed by atoms with Gasteiger partial charge in [0.15, 0.2) is 11.5 Å². The van der Waals surface area contributed by atoms with Gasteiger partial charge in [-0.3, -0.25) is 4.90 Å². The summed E-state index contributed by atoms with van der Waals surface area (Å²) in [7, 11) is 0. The zero-order valence-corrected chi connectivity index (χ0v) is 15.9. The topological polar surface area (TPSA) is 63.3 Å². The van der Waals surface area contributed by atoms with Gasteiger partial charge in [-0.25, -0.2) is 4.79 Å². The van der Waals surface area contributed by atoms with Crippen molar-refractivity contribution < 1.29 is 32.2 Å². The Labute approximate surface area is 170 Å². The third-order valence-electron chi connectivity index (χ3n) is 4.84. The van der Waals surface area contributed by atoms with E-state index in [2.05, 4.69) is 15.0 Å². The summed E-state index contributed by atoms with van der Waals surface area (Å²) < 4.78 is 51.2. The molecule has 0 bridgehead atoms. The number of rotatable bonds is 4. The van der Waals surface area contributed by atoms with Crippen LogP contribution in [0, 0.1) is 0 Å². The second kappa shape index (κ2) is 8.31. The highest BCUT2D eigenvalue weighted by atomic mass is 19.4. The SMILES string of the molecule is O=C(Nc1ccc(OC(F)(F)F)cc1)N1CCN(Cc2ccc3c(c2)OCO3)CC1. The Morgan fingerprint density at radius 1 is 1.00 bits per heavy atom. The smallest absolute Gasteiger partial charge is 0.454 e. The van der Waals surface area contributed by atoms with E-state index >= 15 is 0 Å². The molecule has 0 saturated carbocycles. The van der Waals surface area contributed by atoms with E-state index in [9.17, 15) is 18.0 Å². The second-order valence-electron chi connectivity index (χ2n) is 6.95. The van der Waals surface area contributed by atoms with Gasteiger partial charge in [-0.05, 0) is 42.0 Å². The van der Waals surface area contributed by atoms with E-state index in [-0.39, 0.29) is 18.6 Å². The predicted molar refractivity (Wildman–Crippen MR) is 102 cm³/mol. The number of nitrogens with one attached hydrogen (secondary N) is 1. The molecule has 0 radical (unpaired) electrons. The van der Waals surface area contributed by atoms with Gasteiger partial charge in [0, 0.05) is 38.4 Å². The standard InChI is InChI=1S/C20H20F3N3O4/c21-20(22,23)30-16-4-2-15(3-5-16)24-19(27)26-9-7-25(8-10-26)12-14-1-6-17-18(11-14)29-13-28-17/h1-6,11H,7-10,12-13H2,(H,24,27). The number of nitrogens with zero attached hydrogens (tertiary/aromatic N) is 2. The molecule has 4 rings (SSSR count). The summed E-state index contributed by atoms with van der Waals surface area (Å²) in [5.74, 6) is 1.16. The van der Waals surface area contributed by atoms with Gasteiger partial charge in [0.1, 0.15) is 5.75 Å². The molecule has 0 unspecified atom stereocenters. The summed E-state index contributed by atoms with van der Waals surface area (Å²) in [6.45, 7) is 3.50. The van der Waals surface area contributed by atoms with Gasteiger partial charge in [0.05, 0.1) is 0 Å². The first-order chi connectivity index (χ1) is 14.4. The van der Waals surface area contributed by atoms with Crippen molar-refractivity contribution in [3.8, 4) is 17.2 Å². The van der Waals surface area contributed by atoms with Gasteiger partial charge >= 0.3 is 12.4 Å². The molecule has 1 fully saturated rings. The summed E-state index contributed by atoms with van der Waals surface area (Å²) in [5.41, 5.74) is 1.51. The number of piperazine rings is 1. The van der Waals surface area contributed by atoms with Gasteiger partial charge in [-0.15, -0.1) is 13.2 Å². The normalized spacial score (nSPS) is 16.4. The Balaban J connectivity index is 1.25. The maximum atomic E-state index is 12.4. The fourth-order valence-electron chi connectivity index (χ4n) is 3.35. The lowest BCUT2D eigenvalue weighted by Crippen LogP contribution is -2.49. The van der Waals surface area contributed by atoms with Crippen LogP contribution in [0.15, 0.2) is 42.5 Å². The molecule has 1 saturated heterocycles. The van der Waals surface area contributed by atoms with Gasteiger partial charge in [0.2, 0.25) is 6.79 Å². The molecular weight excluding hydrogens is 403 g/mol. The van der Waals surface area contributed by atoms with Crippen LogP contribution in [-0.2, 0) is 6.54 Å². The van der Waals surface area contributed by atoms with Crippen molar-refractivity contribution in [2.45, 2.75) is 12.9 Å². The van der Waals surface area contributed by atoms with E-state index in [4.69, 9.17) is 9.47 Å². The molecule has 7 nitrogen and oxygen atoms in total. The quantitative estimate of drug-likeness (QED) is 0.813. The molecule has 10 heteroatoms. The van der Waals surface area contributed by atoms with E-state index in [0.29, 0.717) is 31.9 Å². The lowest BCUT2D eigenvalue weighted by Gasteiger charge is -2.34. The van der Waals surface area contributed by atoms with Crippen LogP contribution in [-0.4, -0.2) is 55.2 Å². The fourth-order valence-corrected chi connectivity index (χ4v) is 3.35. The van der Waals surface area contributed by atoms with Crippen molar-refractivity contribution in [1.29, 1.82) is 0 Å². The molecule has 0 spiro atoms. The van der Waals surface area contributed by atoms with E-state index in [1.54, 1.807) is 4.90 Å². The molecule has 1 N–H and O–H groups in total. The van der Waals surface area contributed by atoms with Gasteiger partial charge < -0.3 is 24.4 Å². The van der Waals surface area contributed by atoms with E-state index < -0.39 is 6.36 Å². The Kier molecular flexibility index (Phi) is 5.58. The first kappa shape index (κ1) is 20.1. The van der Waals surface area contributed by atoms with Gasteiger partial charge in [-0.1, -0.05) is 6.07 Å². The number of hydrogen-bond donors (Lipinski definition) is 1. The number of hydrogen-bond acceptors (Lipinski definition) is 5. The summed E-state index contributed by atoms with van der Waals surface area (Å²) >= 11 is 0. The van der Waals surface area contributed by atoms with Crippen molar-refractivity contribution >= 4 is 11.7 Å². The number of ether oxygens (including phenoxy) is 3. The predicted octanol–water partition coefficient (Wildman–Crippen LogP) is 3.66. The Morgan fingerprint density at radius 2 is 1.70 bits per heavy atom. The van der Waals surface area contributed by atoms with E-state index in [0.717, 1.165) is 35.7 Å². The summed E-state index contributed by atoms with van der Waals surface area (Å²) in [6.07, 6.45) is -4.75. The van der Waals surface area contributed by atoms with Gasteiger partial charge in [-0.2, -0.15) is 0 Å². The zero-order chi connectivity index (χ0) is 21.1. The van der Waals surface area contributed by atoms with Crippen molar-refractivity contribution in [2.24, 2.45) is 0 Å². The molecule has 2 aromatic carbocycles. The van der Waals surface area contributed by atoms with E-state index in [1.165, 1.54) is 12.1 Å². The number of carbonyl (C=O) groups excluding carboxylic acids is 1. The number of anilines is 1. The molecule has 0 aromatic heterocycles. The van der Waals surface area contributed by atoms with Crippen molar-refractivity contribution in [2.75, 3.05) is 38.3 Å². The summed E-state index contributed by atoms with van der Waals surface area (Å²) in [4.78, 5) is 16.3. The molecule has 0 aliphatic carbocycles. The Morgan fingerprint density at radius 3 is 2.40 bits per heavy atom. The minimum atomic E-state index is -4.75. The minimum absolute atomic E-state index is 0.241. The van der Waals surface area contributed by atoms with Crippen LogP contribution in [0.1, 0.15) is 5.56 Å². The number of amides is 2. The average Bonchev–Trinajstić information content (AvgIpc) is 3.17. The van der Waals surface area contributed by atoms with Crippen LogP contribution in [0.2, 0.25) is 0 Å². The summed E-state index contributed by atoms with van der Waals surface area (Å²) in [6, 6.07) is 10.6. The molecular formula is C20H20F3N3O4. The van der Waals surface area contributed by atoms with E-state index in [1.807, 2.05) is 18.2 Å². The number of halogens is 3. The van der Waals surface area contributed by atoms with Crippen molar-refractivity contribution in [3.05, 3.63) is 48.0 Å². The minimum Gasteiger partial charge on any atom is -0.454 e. The monoisotopic (exact) mass is 423 g/mol. The highest BCUT2D eigenvalue weighted by molar-refractivity contribution is 5.89. The highest BCUT2D eigenvalue weighted by Crippen LogP contribution is 2.33. The maximum absolute atomic E-state index is 12.4. The molecule has 2 heterocycles. The maximum Gasteiger partial charge on any atom is 0.573 e. The van der Waals surface area contributed by atoms with Crippen LogP contribution in [0.5, 0.6) is 17.2 Å². The van der Waals surface area contributed by atoms with Crippen molar-refractivity contribution in [3.63, 3.8) is 0 Å². The highest BCUT2D eigenvalue weighted by Gasteiger charge is 2.31. The molecule has 2 aliphatic rings. The number of fused-ring (bicyclic) bond motifs is 1. The van der Waals surface area contributed by atoms with Crippen LogP contribution in [0.4, 0.5) is 23.7 Å². The van der Waals surface area contributed by atoms with Crippen LogP contribution < -0.4 is 19.5 Å². The Hall–Kier alpha value is -3.14. The number of alkyl halides is 3. The van der Waals surface area contributed by atoms with Crippen molar-refractivity contribution in [1.82, 2.24) is 9.80 Å². The molecule has 0 atom stereocenters. The zero-order valence-electron chi connectivity index (χ0n) is 15.9. The summed E-state index contributed by atoms with van der Waals surface area (Å²) in [5, 5.41) is 2.70. The fraction of sp³-hybridized carbons (Fsp3) is 0.350. The Bertz CT molecular complexity index is 897. The molecule has 30 heavy (non-hydrogen) atoms. The number of urea groups is 1. The first-order valence-electron chi connectivity index (χ1n) is 9.38. The number of carbonyl (C=O) groups is 1. The lowest BCUT2D eigenvalue weighted by atomic mass is 10.1.